The first-order chi connectivity index (χ1) is 14.0. The lowest BCUT2D eigenvalue weighted by atomic mass is 10.2. The molecule has 2 aromatic rings. The molecule has 6 heteroatoms. The lowest BCUT2D eigenvalue weighted by Gasteiger charge is -2.10. The van der Waals surface area contributed by atoms with Gasteiger partial charge in [-0.3, -0.25) is 4.99 Å². The number of rotatable bonds is 10. The summed E-state index contributed by atoms with van der Waals surface area (Å²) in [5.41, 5.74) is 2.20. The molecule has 2 atom stereocenters. The first-order valence-electron chi connectivity index (χ1n) is 9.86. The third-order valence-corrected chi connectivity index (χ3v) is 4.02. The first kappa shape index (κ1) is 24.6. The van der Waals surface area contributed by atoms with Gasteiger partial charge in [-0.25, -0.2) is 0 Å². The van der Waals surface area contributed by atoms with Crippen LogP contribution in [0.4, 0.5) is 0 Å². The number of ether oxygens (including phenoxy) is 2. The molecule has 0 spiro atoms. The van der Waals surface area contributed by atoms with Crippen molar-refractivity contribution < 1.29 is 19.7 Å². The maximum Gasteiger partial charge on any atom is 0.119 e. The minimum atomic E-state index is -0.0444. The second kappa shape index (κ2) is 14.6. The first-order valence-corrected chi connectivity index (χ1v) is 9.86. The lowest BCUT2D eigenvalue weighted by Crippen LogP contribution is -2.28. The molecule has 0 saturated heterocycles. The number of hydrogen-bond acceptors (Lipinski definition) is 6. The zero-order valence-electron chi connectivity index (χ0n) is 17.8. The number of nitrogens with zero attached hydrogens (tertiary/aromatic N) is 1. The van der Waals surface area contributed by atoms with E-state index in [0.29, 0.717) is 6.61 Å². The smallest absolute Gasteiger partial charge is 0.119 e. The highest BCUT2D eigenvalue weighted by atomic mass is 16.5. The highest BCUT2D eigenvalue weighted by Crippen LogP contribution is 2.12. The van der Waals surface area contributed by atoms with Crippen LogP contribution in [0.1, 0.15) is 31.9 Å². The van der Waals surface area contributed by atoms with Gasteiger partial charge in [0.05, 0.1) is 33.0 Å². The fraction of sp³-hybridized carbons (Fsp3) is 0.435. The topological polar surface area (TPSA) is 83.3 Å². The Hall–Kier alpha value is -2.41. The van der Waals surface area contributed by atoms with Crippen LogP contribution in [0.2, 0.25) is 0 Å². The minimum Gasteiger partial charge on any atom is -0.497 e. The van der Waals surface area contributed by atoms with Gasteiger partial charge in [-0.2, -0.15) is 0 Å². The van der Waals surface area contributed by atoms with Crippen molar-refractivity contribution in [3.63, 3.8) is 0 Å². The molecule has 2 aromatic carbocycles. The summed E-state index contributed by atoms with van der Waals surface area (Å²) in [5, 5.41) is 20.8. The number of nitrogens with one attached hydrogen (secondary N) is 1. The van der Waals surface area contributed by atoms with Crippen LogP contribution >= 0.6 is 0 Å². The fourth-order valence-corrected chi connectivity index (χ4v) is 2.18. The van der Waals surface area contributed by atoms with Crippen molar-refractivity contribution in [1.29, 1.82) is 0 Å². The van der Waals surface area contributed by atoms with Crippen LogP contribution < -0.4 is 14.8 Å². The Morgan fingerprint density at radius 1 is 0.966 bits per heavy atom. The summed E-state index contributed by atoms with van der Waals surface area (Å²) in [6.07, 6.45) is 1.75. The monoisotopic (exact) mass is 402 g/mol. The van der Waals surface area contributed by atoms with E-state index in [4.69, 9.17) is 19.7 Å². The highest BCUT2D eigenvalue weighted by molar-refractivity contribution is 5.79. The summed E-state index contributed by atoms with van der Waals surface area (Å²) < 4.78 is 10.4. The van der Waals surface area contributed by atoms with E-state index >= 15 is 0 Å². The molecule has 3 N–H and O–H groups in total. The third-order valence-electron chi connectivity index (χ3n) is 4.02. The minimum absolute atomic E-state index is 0.0444. The van der Waals surface area contributed by atoms with Gasteiger partial charge in [0, 0.05) is 18.8 Å². The van der Waals surface area contributed by atoms with E-state index in [0.717, 1.165) is 23.6 Å². The van der Waals surface area contributed by atoms with Crippen LogP contribution in [0.3, 0.4) is 0 Å². The predicted molar refractivity (Wildman–Crippen MR) is 118 cm³/mol. The largest absolute Gasteiger partial charge is 0.497 e. The summed E-state index contributed by atoms with van der Waals surface area (Å²) in [4.78, 5) is 4.15. The number of methoxy groups -OCH3 is 1. The zero-order chi connectivity index (χ0) is 21.5. The molecule has 6 nitrogen and oxygen atoms in total. The summed E-state index contributed by atoms with van der Waals surface area (Å²) in [7, 11) is 1.64. The van der Waals surface area contributed by atoms with Crippen molar-refractivity contribution in [1.82, 2.24) is 5.32 Å². The van der Waals surface area contributed by atoms with Crippen LogP contribution in [0.15, 0.2) is 53.5 Å². The Kier molecular flexibility index (Phi) is 12.4. The van der Waals surface area contributed by atoms with E-state index in [-0.39, 0.29) is 25.3 Å². The van der Waals surface area contributed by atoms with Crippen LogP contribution in [0.25, 0.3) is 0 Å². The molecule has 0 amide bonds. The molecule has 0 aliphatic rings. The fourth-order valence-electron chi connectivity index (χ4n) is 2.18. The molecule has 0 aliphatic heterocycles. The number of aliphatic imine (C=N–C) groups is 1. The number of aliphatic hydroxyl groups excluding tert-OH is 2. The molecule has 2 rings (SSSR count). The van der Waals surface area contributed by atoms with Crippen molar-refractivity contribution >= 4 is 6.21 Å². The summed E-state index contributed by atoms with van der Waals surface area (Å²) in [6, 6.07) is 15.7. The Morgan fingerprint density at radius 2 is 1.59 bits per heavy atom. The van der Waals surface area contributed by atoms with Gasteiger partial charge in [-0.1, -0.05) is 12.1 Å². The van der Waals surface area contributed by atoms with Crippen LogP contribution in [0, 0.1) is 0 Å². The van der Waals surface area contributed by atoms with E-state index in [1.54, 1.807) is 13.3 Å². The molecule has 0 aromatic heterocycles. The van der Waals surface area contributed by atoms with E-state index in [1.807, 2.05) is 69.3 Å². The molecular weight excluding hydrogens is 368 g/mol. The molecule has 0 saturated carbocycles. The van der Waals surface area contributed by atoms with Gasteiger partial charge in [0.25, 0.3) is 0 Å². The molecular formula is C23H34N2O4. The number of benzene rings is 2. The Balaban J connectivity index is 0.000000291. The van der Waals surface area contributed by atoms with E-state index in [9.17, 15) is 0 Å². The molecule has 0 radical (unpaired) electrons. The molecule has 2 unspecified atom stereocenters. The SMILES string of the molecule is CCOc1ccc(CNC(C)CO)cc1.COc1ccc(C=NC(C)CO)cc1. The van der Waals surface area contributed by atoms with E-state index < -0.39 is 0 Å². The van der Waals surface area contributed by atoms with Crippen LogP contribution in [-0.4, -0.2) is 55.4 Å². The molecule has 160 valence electrons. The summed E-state index contributed by atoms with van der Waals surface area (Å²) >= 11 is 0. The second-order valence-corrected chi connectivity index (χ2v) is 6.62. The number of hydrogen-bond donors (Lipinski definition) is 3. The quantitative estimate of drug-likeness (QED) is 0.532. The molecule has 0 bridgehead atoms. The van der Waals surface area contributed by atoms with Gasteiger partial charge < -0.3 is 25.0 Å². The van der Waals surface area contributed by atoms with Crippen molar-refractivity contribution in [3.8, 4) is 11.5 Å². The Bertz CT molecular complexity index is 687. The number of aliphatic hydroxyl groups is 2. The molecule has 0 fully saturated rings. The van der Waals surface area contributed by atoms with Crippen LogP contribution in [-0.2, 0) is 6.54 Å². The zero-order valence-corrected chi connectivity index (χ0v) is 17.8. The van der Waals surface area contributed by atoms with Gasteiger partial charge in [0.2, 0.25) is 0 Å². The molecule has 0 heterocycles. The highest BCUT2D eigenvalue weighted by Gasteiger charge is 1.99. The third kappa shape index (κ3) is 10.6. The summed E-state index contributed by atoms with van der Waals surface area (Å²) in [6.45, 7) is 7.49. The maximum absolute atomic E-state index is 8.84. The van der Waals surface area contributed by atoms with Crippen molar-refractivity contribution in [2.75, 3.05) is 26.9 Å². The average Bonchev–Trinajstić information content (AvgIpc) is 2.77. The Labute approximate surface area is 174 Å². The molecule has 0 aliphatic carbocycles. The molecule has 29 heavy (non-hydrogen) atoms. The van der Waals surface area contributed by atoms with Crippen molar-refractivity contribution in [3.05, 3.63) is 59.7 Å². The average molecular weight is 403 g/mol. The predicted octanol–water partition coefficient (Wildman–Crippen LogP) is 3.05. The Morgan fingerprint density at radius 3 is 2.10 bits per heavy atom. The second-order valence-electron chi connectivity index (χ2n) is 6.62. The van der Waals surface area contributed by atoms with Crippen LogP contribution in [0.5, 0.6) is 11.5 Å². The standard InChI is InChI=1S/C12H19NO2.C11H15NO2/c1-3-15-12-6-4-11(5-7-12)8-13-10(2)9-14;1-9(8-13)12-7-10-3-5-11(14-2)6-4-10/h4-7,10,13-14H,3,8-9H2,1-2H3;3-7,9,13H,8H2,1-2H3. The van der Waals surface area contributed by atoms with Crippen molar-refractivity contribution in [2.45, 2.75) is 39.4 Å². The van der Waals surface area contributed by atoms with Gasteiger partial charge in [0.1, 0.15) is 11.5 Å². The normalized spacial score (nSPS) is 12.8. The van der Waals surface area contributed by atoms with Gasteiger partial charge in [0.15, 0.2) is 0 Å². The maximum atomic E-state index is 8.84. The lowest BCUT2D eigenvalue weighted by molar-refractivity contribution is 0.251. The van der Waals surface area contributed by atoms with Gasteiger partial charge in [-0.15, -0.1) is 0 Å². The van der Waals surface area contributed by atoms with Crippen molar-refractivity contribution in [2.24, 2.45) is 4.99 Å². The van der Waals surface area contributed by atoms with E-state index in [1.165, 1.54) is 5.56 Å². The van der Waals surface area contributed by atoms with E-state index in [2.05, 4.69) is 10.3 Å². The van der Waals surface area contributed by atoms with Gasteiger partial charge >= 0.3 is 0 Å². The van der Waals surface area contributed by atoms with Gasteiger partial charge in [-0.05, 0) is 68.3 Å². The summed E-state index contributed by atoms with van der Waals surface area (Å²) in [5.74, 6) is 1.73.